The fourth-order valence-corrected chi connectivity index (χ4v) is 3.27. The Morgan fingerprint density at radius 1 is 0.909 bits per heavy atom. The summed E-state index contributed by atoms with van der Waals surface area (Å²) in [5, 5.41) is 2.66. The van der Waals surface area contributed by atoms with Gasteiger partial charge in [0.2, 0.25) is 0 Å². The third-order valence-corrected chi connectivity index (χ3v) is 4.90. The van der Waals surface area contributed by atoms with Crippen LogP contribution in [0.25, 0.3) is 0 Å². The number of nitrogens with one attached hydrogen (secondary N) is 1. The Balaban J connectivity index is 0.00000385. The summed E-state index contributed by atoms with van der Waals surface area (Å²) in [4.78, 5) is 25.0. The molecular formula is C25H29NO7. The smallest absolute Gasteiger partial charge is 0.333 e. The van der Waals surface area contributed by atoms with E-state index in [9.17, 15) is 9.59 Å². The Kier molecular flexibility index (Phi) is 8.91. The van der Waals surface area contributed by atoms with Gasteiger partial charge in [0.25, 0.3) is 5.91 Å². The monoisotopic (exact) mass is 455 g/mol. The summed E-state index contributed by atoms with van der Waals surface area (Å²) in [5.74, 6) is 1.20. The highest BCUT2D eigenvalue weighted by Gasteiger charge is 2.25. The average molecular weight is 456 g/mol. The van der Waals surface area contributed by atoms with Gasteiger partial charge in [0.1, 0.15) is 23.0 Å². The first-order chi connectivity index (χ1) is 15.5. The van der Waals surface area contributed by atoms with Gasteiger partial charge in [-0.15, -0.1) is 0 Å². The Bertz CT molecular complexity index is 1050. The Morgan fingerprint density at radius 2 is 1.55 bits per heavy atom. The fraction of sp³-hybridized carbons (Fsp3) is 0.280. The molecule has 3 aromatic rings. The lowest BCUT2D eigenvalue weighted by atomic mass is 10.1. The van der Waals surface area contributed by atoms with Crippen molar-refractivity contribution in [1.29, 1.82) is 0 Å². The van der Waals surface area contributed by atoms with Crippen molar-refractivity contribution in [2.75, 3.05) is 28.4 Å². The van der Waals surface area contributed by atoms with Gasteiger partial charge >= 0.3 is 5.97 Å². The molecule has 0 aliphatic carbocycles. The van der Waals surface area contributed by atoms with Crippen LogP contribution in [-0.4, -0.2) is 40.3 Å². The molecule has 1 N–H and O–H groups in total. The lowest BCUT2D eigenvalue weighted by Gasteiger charge is -2.16. The van der Waals surface area contributed by atoms with E-state index in [4.69, 9.17) is 23.4 Å². The zero-order valence-corrected chi connectivity index (χ0v) is 18.3. The highest BCUT2D eigenvalue weighted by molar-refractivity contribution is 5.94. The highest BCUT2D eigenvalue weighted by Crippen LogP contribution is 2.35. The van der Waals surface area contributed by atoms with Crippen LogP contribution in [0.2, 0.25) is 0 Å². The van der Waals surface area contributed by atoms with Crippen LogP contribution in [0.15, 0.2) is 59.0 Å². The predicted molar refractivity (Wildman–Crippen MR) is 123 cm³/mol. The van der Waals surface area contributed by atoms with Crippen LogP contribution in [0.4, 0.5) is 0 Å². The molecule has 176 valence electrons. The highest BCUT2D eigenvalue weighted by atomic mass is 16.5. The molecule has 0 unspecified atom stereocenters. The van der Waals surface area contributed by atoms with Crippen LogP contribution in [0.3, 0.4) is 0 Å². The third kappa shape index (κ3) is 5.85. The molecule has 8 nitrogen and oxygen atoms in total. The van der Waals surface area contributed by atoms with Gasteiger partial charge in [-0.25, -0.2) is 4.79 Å². The van der Waals surface area contributed by atoms with E-state index < -0.39 is 17.9 Å². The van der Waals surface area contributed by atoms with Crippen molar-refractivity contribution in [1.82, 2.24) is 5.32 Å². The van der Waals surface area contributed by atoms with Gasteiger partial charge in [-0.3, -0.25) is 4.79 Å². The minimum atomic E-state index is -0.955. The van der Waals surface area contributed by atoms with Gasteiger partial charge in [-0.1, -0.05) is 37.8 Å². The summed E-state index contributed by atoms with van der Waals surface area (Å²) in [7, 11) is 5.93. The van der Waals surface area contributed by atoms with E-state index in [1.165, 1.54) is 7.11 Å². The topological polar surface area (TPSA) is 96.2 Å². The zero-order chi connectivity index (χ0) is 23.1. The van der Waals surface area contributed by atoms with Crippen molar-refractivity contribution in [2.45, 2.75) is 19.9 Å². The van der Waals surface area contributed by atoms with E-state index in [1.54, 1.807) is 69.9 Å². The van der Waals surface area contributed by atoms with E-state index in [0.29, 0.717) is 35.0 Å². The lowest BCUT2D eigenvalue weighted by molar-refractivity contribution is -0.143. The molecule has 1 heterocycles. The van der Waals surface area contributed by atoms with E-state index in [0.717, 1.165) is 5.56 Å². The molecule has 3 rings (SSSR count). The molecule has 0 aliphatic heterocycles. The molecule has 0 saturated heterocycles. The maximum atomic E-state index is 12.8. The molecule has 0 spiro atoms. The van der Waals surface area contributed by atoms with Gasteiger partial charge in [-0.05, 0) is 17.7 Å². The first-order valence-electron chi connectivity index (χ1n) is 9.82. The number of esters is 1. The minimum Gasteiger partial charge on any atom is -0.496 e. The van der Waals surface area contributed by atoms with Crippen LogP contribution in [0.5, 0.6) is 17.2 Å². The summed E-state index contributed by atoms with van der Waals surface area (Å²) in [5.41, 5.74) is 1.35. The van der Waals surface area contributed by atoms with E-state index >= 15 is 0 Å². The molecule has 2 aromatic carbocycles. The molecule has 1 atom stereocenters. The van der Waals surface area contributed by atoms with Gasteiger partial charge < -0.3 is 28.7 Å². The molecule has 0 fully saturated rings. The standard InChI is InChI=1S/C24H25NO7.CH4/c1-28-17-13-20(29-2)18(21(14-17)30-3)12-16-10-11-19(32-16)23(26)25-22(24(27)31-4)15-8-6-5-7-9-15;/h5-11,13-14,22H,12H2,1-4H3,(H,25,26);1H4/t22-;/m1./s1. The van der Waals surface area contributed by atoms with Crippen molar-refractivity contribution < 1.29 is 33.0 Å². The predicted octanol–water partition coefficient (Wildman–Crippen LogP) is 4.18. The number of methoxy groups -OCH3 is 4. The number of rotatable bonds is 9. The quantitative estimate of drug-likeness (QED) is 0.484. The van der Waals surface area contributed by atoms with E-state index in [-0.39, 0.29) is 13.2 Å². The summed E-state index contributed by atoms with van der Waals surface area (Å²) in [6.07, 6.45) is 0.322. The number of ether oxygens (including phenoxy) is 4. The van der Waals surface area contributed by atoms with Gasteiger partial charge in [0.05, 0.1) is 28.4 Å². The molecule has 0 saturated carbocycles. The number of furan rings is 1. The summed E-state index contributed by atoms with van der Waals surface area (Å²) < 4.78 is 26.8. The average Bonchev–Trinajstić information content (AvgIpc) is 3.31. The first kappa shape index (κ1) is 25.3. The molecule has 1 amide bonds. The largest absolute Gasteiger partial charge is 0.496 e. The maximum Gasteiger partial charge on any atom is 0.333 e. The van der Waals surface area contributed by atoms with Crippen molar-refractivity contribution in [2.24, 2.45) is 0 Å². The van der Waals surface area contributed by atoms with Crippen LogP contribution < -0.4 is 19.5 Å². The number of hydrogen-bond acceptors (Lipinski definition) is 7. The minimum absolute atomic E-state index is 0. The maximum absolute atomic E-state index is 12.8. The second kappa shape index (κ2) is 11.6. The van der Waals surface area contributed by atoms with Crippen molar-refractivity contribution in [3.8, 4) is 17.2 Å². The third-order valence-electron chi connectivity index (χ3n) is 4.90. The normalized spacial score (nSPS) is 11.0. The van der Waals surface area contributed by atoms with Gasteiger partial charge in [-0.2, -0.15) is 0 Å². The summed E-state index contributed by atoms with van der Waals surface area (Å²) >= 11 is 0. The van der Waals surface area contributed by atoms with E-state index in [2.05, 4.69) is 5.32 Å². The van der Waals surface area contributed by atoms with Crippen LogP contribution in [-0.2, 0) is 16.0 Å². The summed E-state index contributed by atoms with van der Waals surface area (Å²) in [6, 6.07) is 14.6. The Hall–Kier alpha value is -3.94. The lowest BCUT2D eigenvalue weighted by Crippen LogP contribution is -2.34. The van der Waals surface area contributed by atoms with Gasteiger partial charge in [0.15, 0.2) is 11.8 Å². The number of amides is 1. The second-order valence-corrected chi connectivity index (χ2v) is 6.79. The first-order valence-corrected chi connectivity index (χ1v) is 9.82. The molecule has 33 heavy (non-hydrogen) atoms. The zero-order valence-electron chi connectivity index (χ0n) is 18.3. The van der Waals surface area contributed by atoms with Crippen LogP contribution >= 0.6 is 0 Å². The van der Waals surface area contributed by atoms with Crippen LogP contribution in [0.1, 0.15) is 40.9 Å². The molecule has 0 radical (unpaired) electrons. The van der Waals surface area contributed by atoms with Crippen LogP contribution in [0, 0.1) is 0 Å². The van der Waals surface area contributed by atoms with E-state index in [1.807, 2.05) is 6.07 Å². The number of benzene rings is 2. The number of carbonyl (C=O) groups is 2. The Labute approximate surface area is 193 Å². The van der Waals surface area contributed by atoms with Crippen molar-refractivity contribution in [3.63, 3.8) is 0 Å². The van der Waals surface area contributed by atoms with Gasteiger partial charge in [0, 0.05) is 24.1 Å². The second-order valence-electron chi connectivity index (χ2n) is 6.79. The number of carbonyl (C=O) groups excluding carboxylic acids is 2. The van der Waals surface area contributed by atoms with Crippen molar-refractivity contribution >= 4 is 11.9 Å². The summed E-state index contributed by atoms with van der Waals surface area (Å²) in [6.45, 7) is 0. The molecule has 0 aliphatic rings. The fourth-order valence-electron chi connectivity index (χ4n) is 3.27. The number of hydrogen-bond donors (Lipinski definition) is 1. The Morgan fingerprint density at radius 3 is 2.09 bits per heavy atom. The molecular weight excluding hydrogens is 426 g/mol. The van der Waals surface area contributed by atoms with Crippen molar-refractivity contribution in [3.05, 3.63) is 77.2 Å². The molecule has 8 heteroatoms. The molecule has 1 aromatic heterocycles. The SMILES string of the molecule is C.COC(=O)[C@H](NC(=O)c1ccc(Cc2c(OC)cc(OC)cc2OC)o1)c1ccccc1. The molecule has 0 bridgehead atoms.